The average Bonchev–Trinajstić information content (AvgIpc) is 2.76. The molecule has 5 heteroatoms. The van der Waals surface area contributed by atoms with Gasteiger partial charge in [-0.25, -0.2) is 4.79 Å². The van der Waals surface area contributed by atoms with Crippen LogP contribution < -0.4 is 11.2 Å². The topological polar surface area (TPSA) is 65.7 Å². The molecular weight excluding hydrogens is 260 g/mol. The van der Waals surface area contributed by atoms with Crippen LogP contribution in [0.15, 0.2) is 46.0 Å². The summed E-state index contributed by atoms with van der Waals surface area (Å²) in [6.45, 7) is 0. The van der Waals surface area contributed by atoms with E-state index in [1.807, 2.05) is 30.3 Å². The highest BCUT2D eigenvalue weighted by molar-refractivity contribution is 7.26. The van der Waals surface area contributed by atoms with Gasteiger partial charge in [0.15, 0.2) is 0 Å². The number of aromatic nitrogens is 2. The van der Waals surface area contributed by atoms with Crippen LogP contribution in [0.25, 0.3) is 31.1 Å². The number of thiophene rings is 1. The van der Waals surface area contributed by atoms with Gasteiger partial charge in [0.05, 0.1) is 15.6 Å². The molecule has 2 N–H and O–H groups in total. The molecule has 2 aromatic carbocycles. The van der Waals surface area contributed by atoms with Gasteiger partial charge in [-0.3, -0.25) is 9.78 Å². The van der Waals surface area contributed by atoms with Crippen molar-refractivity contribution in [2.75, 3.05) is 0 Å². The number of H-pyrrole nitrogens is 2. The number of benzene rings is 2. The Morgan fingerprint density at radius 2 is 1.74 bits per heavy atom. The van der Waals surface area contributed by atoms with Crippen LogP contribution in [0.4, 0.5) is 0 Å². The largest absolute Gasteiger partial charge is 0.326 e. The molecule has 0 radical (unpaired) electrons. The first kappa shape index (κ1) is 10.5. The molecule has 0 aliphatic carbocycles. The first-order valence-corrected chi connectivity index (χ1v) is 6.62. The standard InChI is InChI=1S/C14H8N2O2S/c17-13-11-9(15-14(18)16-13)6-5-8-7-3-1-2-4-10(7)19-12(8)11/h1-6H,(H2,15,16,17,18). The maximum Gasteiger partial charge on any atom is 0.326 e. The first-order chi connectivity index (χ1) is 9.24. The van der Waals surface area contributed by atoms with E-state index in [9.17, 15) is 9.59 Å². The summed E-state index contributed by atoms with van der Waals surface area (Å²) < 4.78 is 2.05. The minimum Gasteiger partial charge on any atom is -0.307 e. The maximum atomic E-state index is 12.0. The minimum atomic E-state index is -0.474. The van der Waals surface area contributed by atoms with Gasteiger partial charge < -0.3 is 4.98 Å². The molecule has 0 amide bonds. The molecule has 0 spiro atoms. The lowest BCUT2D eigenvalue weighted by atomic mass is 10.1. The predicted octanol–water partition coefficient (Wildman–Crippen LogP) is 2.58. The van der Waals surface area contributed by atoms with E-state index in [2.05, 4.69) is 9.97 Å². The number of hydrogen-bond acceptors (Lipinski definition) is 3. The second-order valence-corrected chi connectivity index (χ2v) is 5.42. The molecule has 0 aliphatic heterocycles. The quantitative estimate of drug-likeness (QED) is 0.515. The lowest BCUT2D eigenvalue weighted by Crippen LogP contribution is -2.21. The summed E-state index contributed by atoms with van der Waals surface area (Å²) in [5.41, 5.74) is -0.235. The van der Waals surface area contributed by atoms with Gasteiger partial charge >= 0.3 is 5.69 Å². The smallest absolute Gasteiger partial charge is 0.307 e. The highest BCUT2D eigenvalue weighted by Crippen LogP contribution is 2.36. The summed E-state index contributed by atoms with van der Waals surface area (Å²) in [4.78, 5) is 28.3. The molecule has 4 rings (SSSR count). The van der Waals surface area contributed by atoms with Gasteiger partial charge in [0.25, 0.3) is 5.56 Å². The Balaban J connectivity index is 2.38. The summed E-state index contributed by atoms with van der Waals surface area (Å²) >= 11 is 1.57. The van der Waals surface area contributed by atoms with Crippen molar-refractivity contribution in [1.82, 2.24) is 9.97 Å². The van der Waals surface area contributed by atoms with Gasteiger partial charge in [-0.1, -0.05) is 24.3 Å². The molecule has 0 unspecified atom stereocenters. The van der Waals surface area contributed by atoms with Crippen molar-refractivity contribution in [3.8, 4) is 0 Å². The van der Waals surface area contributed by atoms with E-state index in [1.54, 1.807) is 17.4 Å². The fourth-order valence-corrected chi connectivity index (χ4v) is 3.68. The van der Waals surface area contributed by atoms with Gasteiger partial charge in [-0.15, -0.1) is 11.3 Å². The number of rotatable bonds is 0. The normalized spacial score (nSPS) is 11.6. The van der Waals surface area contributed by atoms with Gasteiger partial charge in [-0.05, 0) is 12.1 Å². The van der Waals surface area contributed by atoms with Crippen molar-refractivity contribution >= 4 is 42.4 Å². The average molecular weight is 268 g/mol. The number of fused-ring (bicyclic) bond motifs is 5. The molecule has 0 saturated carbocycles. The van der Waals surface area contributed by atoms with Crippen molar-refractivity contribution in [1.29, 1.82) is 0 Å². The Bertz CT molecular complexity index is 1060. The third-order valence-electron chi connectivity index (χ3n) is 3.25. The van der Waals surface area contributed by atoms with E-state index in [0.29, 0.717) is 10.9 Å². The molecule has 0 fully saturated rings. The molecule has 4 aromatic rings. The number of nitrogens with one attached hydrogen (secondary N) is 2. The highest BCUT2D eigenvalue weighted by atomic mass is 32.1. The van der Waals surface area contributed by atoms with Crippen LogP contribution >= 0.6 is 11.3 Å². The molecule has 4 nitrogen and oxygen atoms in total. The summed E-state index contributed by atoms with van der Waals surface area (Å²) in [5, 5.41) is 2.74. The van der Waals surface area contributed by atoms with Crippen LogP contribution in [0, 0.1) is 0 Å². The van der Waals surface area contributed by atoms with E-state index in [1.165, 1.54) is 0 Å². The second kappa shape index (κ2) is 3.55. The van der Waals surface area contributed by atoms with E-state index in [4.69, 9.17) is 0 Å². The Morgan fingerprint density at radius 1 is 0.895 bits per heavy atom. The fraction of sp³-hybridized carbons (Fsp3) is 0. The predicted molar refractivity (Wildman–Crippen MR) is 78.1 cm³/mol. The third kappa shape index (κ3) is 1.39. The van der Waals surface area contributed by atoms with Crippen LogP contribution in [0.1, 0.15) is 0 Å². The van der Waals surface area contributed by atoms with E-state index >= 15 is 0 Å². The van der Waals surface area contributed by atoms with Gasteiger partial charge in [0.2, 0.25) is 0 Å². The van der Waals surface area contributed by atoms with E-state index < -0.39 is 5.69 Å². The van der Waals surface area contributed by atoms with Gasteiger partial charge in [-0.2, -0.15) is 0 Å². The van der Waals surface area contributed by atoms with Crippen LogP contribution in [-0.4, -0.2) is 9.97 Å². The molecule has 0 saturated heterocycles. The molecule has 19 heavy (non-hydrogen) atoms. The van der Waals surface area contributed by atoms with Crippen LogP contribution in [0.2, 0.25) is 0 Å². The fourth-order valence-electron chi connectivity index (χ4n) is 2.44. The molecule has 92 valence electrons. The molecule has 2 aromatic heterocycles. The zero-order chi connectivity index (χ0) is 13.0. The Kier molecular flexibility index (Phi) is 1.97. The Hall–Kier alpha value is -2.40. The molecular formula is C14H8N2O2S. The SMILES string of the molecule is O=c1[nH]c(=O)c2c(ccc3c4ccccc4sc32)[nH]1. The Morgan fingerprint density at radius 3 is 2.63 bits per heavy atom. The summed E-state index contributed by atoms with van der Waals surface area (Å²) in [6.07, 6.45) is 0. The maximum absolute atomic E-state index is 12.0. The van der Waals surface area contributed by atoms with E-state index in [-0.39, 0.29) is 5.56 Å². The number of hydrogen-bond donors (Lipinski definition) is 2. The van der Waals surface area contributed by atoms with Crippen LogP contribution in [-0.2, 0) is 0 Å². The summed E-state index contributed by atoms with van der Waals surface area (Å²) in [6, 6.07) is 11.8. The summed E-state index contributed by atoms with van der Waals surface area (Å²) in [7, 11) is 0. The van der Waals surface area contributed by atoms with Crippen molar-refractivity contribution in [2.24, 2.45) is 0 Å². The van der Waals surface area contributed by atoms with Crippen LogP contribution in [0.3, 0.4) is 0 Å². The summed E-state index contributed by atoms with van der Waals surface area (Å²) in [5.74, 6) is 0. The van der Waals surface area contributed by atoms with Gasteiger partial charge in [0.1, 0.15) is 0 Å². The van der Waals surface area contributed by atoms with Gasteiger partial charge in [0, 0.05) is 15.5 Å². The molecule has 0 atom stereocenters. The van der Waals surface area contributed by atoms with Crippen molar-refractivity contribution < 1.29 is 0 Å². The lowest BCUT2D eigenvalue weighted by Gasteiger charge is -1.97. The zero-order valence-electron chi connectivity index (χ0n) is 9.69. The molecule has 0 bridgehead atoms. The lowest BCUT2D eigenvalue weighted by molar-refractivity contribution is 1.08. The first-order valence-electron chi connectivity index (χ1n) is 5.80. The van der Waals surface area contributed by atoms with Crippen molar-refractivity contribution in [3.63, 3.8) is 0 Å². The van der Waals surface area contributed by atoms with Crippen molar-refractivity contribution in [2.45, 2.75) is 0 Å². The van der Waals surface area contributed by atoms with E-state index in [0.717, 1.165) is 20.2 Å². The Labute approximate surface area is 110 Å². The van der Waals surface area contributed by atoms with Crippen molar-refractivity contribution in [3.05, 3.63) is 57.2 Å². The second-order valence-electron chi connectivity index (χ2n) is 4.37. The third-order valence-corrected chi connectivity index (χ3v) is 4.45. The van der Waals surface area contributed by atoms with Crippen LogP contribution in [0.5, 0.6) is 0 Å². The monoisotopic (exact) mass is 268 g/mol. The minimum absolute atomic E-state index is 0.337. The number of aromatic amines is 2. The molecule has 0 aliphatic rings. The molecule has 2 heterocycles. The zero-order valence-corrected chi connectivity index (χ0v) is 10.5. The highest BCUT2D eigenvalue weighted by Gasteiger charge is 2.10.